The van der Waals surface area contributed by atoms with Crippen LogP contribution in [0.3, 0.4) is 0 Å². The van der Waals surface area contributed by atoms with Gasteiger partial charge in [-0.15, -0.1) is 0 Å². The summed E-state index contributed by atoms with van der Waals surface area (Å²) in [5.41, 5.74) is 5.86. The summed E-state index contributed by atoms with van der Waals surface area (Å²) in [7, 11) is 0. The molecule has 2 aliphatic rings. The fourth-order valence-corrected chi connectivity index (χ4v) is 2.94. The fraction of sp³-hybridized carbons (Fsp3) is 0.917. The van der Waals surface area contributed by atoms with E-state index >= 15 is 0 Å². The first-order valence-corrected chi connectivity index (χ1v) is 6.18. The lowest BCUT2D eigenvalue weighted by molar-refractivity contribution is -0.130. The number of piperidine rings is 1. The monoisotopic (exact) mass is 210 g/mol. The van der Waals surface area contributed by atoms with E-state index < -0.39 is 0 Å². The largest absolute Gasteiger partial charge is 0.343 e. The van der Waals surface area contributed by atoms with Crippen molar-refractivity contribution in [2.45, 2.75) is 32.6 Å². The van der Waals surface area contributed by atoms with E-state index in [0.29, 0.717) is 0 Å². The van der Waals surface area contributed by atoms with E-state index in [9.17, 15) is 4.79 Å². The average Bonchev–Trinajstić information content (AvgIpc) is 3.04. The van der Waals surface area contributed by atoms with Gasteiger partial charge in [-0.25, -0.2) is 0 Å². The zero-order valence-electron chi connectivity index (χ0n) is 9.61. The lowest BCUT2D eigenvalue weighted by Gasteiger charge is -2.35. The van der Waals surface area contributed by atoms with Crippen LogP contribution < -0.4 is 5.73 Å². The molecular formula is C12H22N2O. The van der Waals surface area contributed by atoms with Crippen LogP contribution in [0.2, 0.25) is 0 Å². The zero-order chi connectivity index (χ0) is 10.8. The third kappa shape index (κ3) is 2.51. The molecule has 1 amide bonds. The molecule has 1 aliphatic heterocycles. The smallest absolute Gasteiger partial charge is 0.219 e. The third-order valence-electron chi connectivity index (χ3n) is 4.09. The molecule has 1 aliphatic carbocycles. The summed E-state index contributed by atoms with van der Waals surface area (Å²) in [6.07, 6.45) is 5.10. The minimum Gasteiger partial charge on any atom is -0.343 e. The predicted molar refractivity (Wildman–Crippen MR) is 60.2 cm³/mol. The van der Waals surface area contributed by atoms with E-state index in [1.54, 1.807) is 6.92 Å². The second-order valence-corrected chi connectivity index (χ2v) is 5.08. The molecule has 2 N–H and O–H groups in total. The summed E-state index contributed by atoms with van der Waals surface area (Å²) in [6, 6.07) is 0. The molecule has 0 spiro atoms. The zero-order valence-corrected chi connectivity index (χ0v) is 9.61. The van der Waals surface area contributed by atoms with Gasteiger partial charge in [0.25, 0.3) is 0 Å². The Morgan fingerprint density at radius 3 is 2.20 bits per heavy atom. The quantitative estimate of drug-likeness (QED) is 0.761. The van der Waals surface area contributed by atoms with E-state index in [1.807, 2.05) is 4.90 Å². The number of carbonyl (C=O) groups is 1. The second kappa shape index (κ2) is 4.52. The molecule has 3 nitrogen and oxygen atoms in total. The van der Waals surface area contributed by atoms with Gasteiger partial charge in [-0.2, -0.15) is 0 Å². The Kier molecular flexibility index (Phi) is 3.29. The minimum atomic E-state index is 0.226. The van der Waals surface area contributed by atoms with E-state index in [0.717, 1.165) is 50.2 Å². The Labute approximate surface area is 92.0 Å². The summed E-state index contributed by atoms with van der Waals surface area (Å²) in [5, 5.41) is 0. The van der Waals surface area contributed by atoms with Gasteiger partial charge in [0, 0.05) is 20.0 Å². The van der Waals surface area contributed by atoms with Crippen LogP contribution in [0.15, 0.2) is 0 Å². The molecule has 0 aromatic rings. The summed E-state index contributed by atoms with van der Waals surface area (Å²) < 4.78 is 0. The van der Waals surface area contributed by atoms with Gasteiger partial charge in [0.15, 0.2) is 0 Å². The van der Waals surface area contributed by atoms with Gasteiger partial charge in [-0.3, -0.25) is 4.79 Å². The van der Waals surface area contributed by atoms with Crippen LogP contribution in [0.5, 0.6) is 0 Å². The van der Waals surface area contributed by atoms with Crippen LogP contribution in [0.4, 0.5) is 0 Å². The SMILES string of the molecule is CC(=O)N1CCC(C(CN)C2CC2)CC1. The first kappa shape index (κ1) is 10.9. The van der Waals surface area contributed by atoms with Crippen molar-refractivity contribution in [1.29, 1.82) is 0 Å². The first-order valence-electron chi connectivity index (χ1n) is 6.18. The number of rotatable bonds is 3. The van der Waals surface area contributed by atoms with Crippen molar-refractivity contribution in [3.05, 3.63) is 0 Å². The summed E-state index contributed by atoms with van der Waals surface area (Å²) in [5.74, 6) is 2.64. The highest BCUT2D eigenvalue weighted by Gasteiger charge is 2.36. The summed E-state index contributed by atoms with van der Waals surface area (Å²) in [4.78, 5) is 13.2. The van der Waals surface area contributed by atoms with Crippen molar-refractivity contribution < 1.29 is 4.79 Å². The van der Waals surface area contributed by atoms with Crippen molar-refractivity contribution >= 4 is 5.91 Å². The molecule has 15 heavy (non-hydrogen) atoms. The Balaban J connectivity index is 1.83. The number of nitrogens with two attached hydrogens (primary N) is 1. The van der Waals surface area contributed by atoms with Gasteiger partial charge in [0.05, 0.1) is 0 Å². The number of likely N-dealkylation sites (tertiary alicyclic amines) is 1. The maximum Gasteiger partial charge on any atom is 0.219 e. The number of hydrogen-bond acceptors (Lipinski definition) is 2. The molecule has 1 saturated carbocycles. The van der Waals surface area contributed by atoms with Crippen LogP contribution in [-0.2, 0) is 4.79 Å². The van der Waals surface area contributed by atoms with Gasteiger partial charge in [-0.05, 0) is 50.0 Å². The molecule has 1 saturated heterocycles. The maximum absolute atomic E-state index is 11.2. The van der Waals surface area contributed by atoms with Gasteiger partial charge in [0.2, 0.25) is 5.91 Å². The first-order chi connectivity index (χ1) is 7.22. The van der Waals surface area contributed by atoms with Crippen LogP contribution >= 0.6 is 0 Å². The molecule has 0 aromatic heterocycles. The Hall–Kier alpha value is -0.570. The molecule has 0 radical (unpaired) electrons. The molecule has 1 atom stereocenters. The molecule has 3 heteroatoms. The van der Waals surface area contributed by atoms with Crippen molar-refractivity contribution in [2.24, 2.45) is 23.5 Å². The highest BCUT2D eigenvalue weighted by atomic mass is 16.2. The number of amides is 1. The van der Waals surface area contributed by atoms with Crippen molar-refractivity contribution in [3.63, 3.8) is 0 Å². The highest BCUT2D eigenvalue weighted by molar-refractivity contribution is 5.73. The minimum absolute atomic E-state index is 0.226. The van der Waals surface area contributed by atoms with Gasteiger partial charge >= 0.3 is 0 Å². The number of nitrogens with zero attached hydrogens (tertiary/aromatic N) is 1. The maximum atomic E-state index is 11.2. The van der Waals surface area contributed by atoms with E-state index in [-0.39, 0.29) is 5.91 Å². The fourth-order valence-electron chi connectivity index (χ4n) is 2.94. The van der Waals surface area contributed by atoms with E-state index in [4.69, 9.17) is 5.73 Å². The van der Waals surface area contributed by atoms with Crippen LogP contribution in [0.25, 0.3) is 0 Å². The number of hydrogen-bond donors (Lipinski definition) is 1. The molecule has 2 rings (SSSR count). The summed E-state index contributed by atoms with van der Waals surface area (Å²) >= 11 is 0. The lowest BCUT2D eigenvalue weighted by Crippen LogP contribution is -2.40. The standard InChI is InChI=1S/C12H22N2O/c1-9(15)14-6-4-11(5-7-14)12(8-13)10-2-3-10/h10-12H,2-8,13H2,1H3. The van der Waals surface area contributed by atoms with Crippen LogP contribution in [0, 0.1) is 17.8 Å². The molecule has 0 aromatic carbocycles. The van der Waals surface area contributed by atoms with Crippen molar-refractivity contribution in [3.8, 4) is 0 Å². The Morgan fingerprint density at radius 2 is 1.80 bits per heavy atom. The van der Waals surface area contributed by atoms with E-state index in [2.05, 4.69) is 0 Å². The van der Waals surface area contributed by atoms with Gasteiger partial charge in [0.1, 0.15) is 0 Å². The topological polar surface area (TPSA) is 46.3 Å². The van der Waals surface area contributed by atoms with Crippen LogP contribution in [-0.4, -0.2) is 30.4 Å². The predicted octanol–water partition coefficient (Wildman–Crippen LogP) is 1.23. The normalized spacial score (nSPS) is 25.3. The highest BCUT2D eigenvalue weighted by Crippen LogP contribution is 2.42. The Bertz CT molecular complexity index is 230. The average molecular weight is 210 g/mol. The molecular weight excluding hydrogens is 188 g/mol. The molecule has 86 valence electrons. The molecule has 2 fully saturated rings. The summed E-state index contributed by atoms with van der Waals surface area (Å²) in [6.45, 7) is 4.41. The third-order valence-corrected chi connectivity index (χ3v) is 4.09. The van der Waals surface area contributed by atoms with Crippen molar-refractivity contribution in [2.75, 3.05) is 19.6 Å². The van der Waals surface area contributed by atoms with Crippen LogP contribution in [0.1, 0.15) is 32.6 Å². The van der Waals surface area contributed by atoms with Gasteiger partial charge in [-0.1, -0.05) is 0 Å². The molecule has 1 heterocycles. The molecule has 0 bridgehead atoms. The molecule has 1 unspecified atom stereocenters. The lowest BCUT2D eigenvalue weighted by atomic mass is 9.81. The van der Waals surface area contributed by atoms with Gasteiger partial charge < -0.3 is 10.6 Å². The van der Waals surface area contributed by atoms with E-state index in [1.165, 1.54) is 12.8 Å². The second-order valence-electron chi connectivity index (χ2n) is 5.08. The Morgan fingerprint density at radius 1 is 1.27 bits per heavy atom. The van der Waals surface area contributed by atoms with Crippen molar-refractivity contribution in [1.82, 2.24) is 4.90 Å². The number of carbonyl (C=O) groups excluding carboxylic acids is 1.